The molecule has 4 rings (SSSR count). The molecule has 1 fully saturated rings. The van der Waals surface area contributed by atoms with Crippen molar-refractivity contribution in [3.8, 4) is 11.5 Å². The van der Waals surface area contributed by atoms with Gasteiger partial charge >= 0.3 is 16.1 Å². The number of nitrogens with one attached hydrogen (secondary N) is 1. The molecule has 190 valence electrons. The van der Waals surface area contributed by atoms with E-state index in [2.05, 4.69) is 5.32 Å². The molecule has 0 saturated carbocycles. The Morgan fingerprint density at radius 2 is 1.70 bits per heavy atom. The highest BCUT2D eigenvalue weighted by molar-refractivity contribution is 14.1. The van der Waals surface area contributed by atoms with Crippen molar-refractivity contribution in [3.05, 3.63) is 86.5 Å². The van der Waals surface area contributed by atoms with Crippen molar-refractivity contribution in [3.63, 3.8) is 0 Å². The molecule has 0 unspecified atom stereocenters. The lowest BCUT2D eigenvalue weighted by atomic mass is 10.1. The predicted molar refractivity (Wildman–Crippen MR) is 145 cm³/mol. The van der Waals surface area contributed by atoms with E-state index in [0.29, 0.717) is 9.13 Å². The molecular formula is C25H18ClIN2O7S. The SMILES string of the molecule is CCOc1cc(/C=C2\C(=O)NC(=O)N(c3ccccc3Cl)C2=O)cc(I)c1OS(=O)(=O)c1ccccc1. The van der Waals surface area contributed by atoms with Crippen LogP contribution >= 0.6 is 34.2 Å². The molecule has 0 radical (unpaired) electrons. The van der Waals surface area contributed by atoms with Gasteiger partial charge in [0.05, 0.1) is 20.9 Å². The lowest BCUT2D eigenvalue weighted by molar-refractivity contribution is -0.122. The highest BCUT2D eigenvalue weighted by Crippen LogP contribution is 2.37. The number of nitrogens with zero attached hydrogens (tertiary/aromatic N) is 1. The van der Waals surface area contributed by atoms with Crippen LogP contribution in [0, 0.1) is 3.57 Å². The third-order valence-corrected chi connectivity index (χ3v) is 7.42. The molecule has 0 atom stereocenters. The first kappa shape index (κ1) is 26.6. The zero-order valence-electron chi connectivity index (χ0n) is 19.1. The lowest BCUT2D eigenvalue weighted by Gasteiger charge is -2.27. The van der Waals surface area contributed by atoms with Gasteiger partial charge in [0.25, 0.3) is 11.8 Å². The van der Waals surface area contributed by atoms with Crippen LogP contribution in [0.4, 0.5) is 10.5 Å². The van der Waals surface area contributed by atoms with E-state index in [0.717, 1.165) is 4.90 Å². The van der Waals surface area contributed by atoms with E-state index in [1.807, 2.05) is 22.6 Å². The maximum atomic E-state index is 13.2. The van der Waals surface area contributed by atoms with Crippen LogP contribution in [-0.4, -0.2) is 32.9 Å². The van der Waals surface area contributed by atoms with Crippen LogP contribution in [0.5, 0.6) is 11.5 Å². The van der Waals surface area contributed by atoms with E-state index in [4.69, 9.17) is 20.5 Å². The van der Waals surface area contributed by atoms with Crippen LogP contribution in [0.25, 0.3) is 6.08 Å². The summed E-state index contributed by atoms with van der Waals surface area (Å²) < 4.78 is 36.9. The number of carbonyl (C=O) groups is 3. The van der Waals surface area contributed by atoms with Gasteiger partial charge in [-0.05, 0) is 77.6 Å². The summed E-state index contributed by atoms with van der Waals surface area (Å²) in [5.74, 6) is -1.72. The average Bonchev–Trinajstić information content (AvgIpc) is 2.85. The largest absolute Gasteiger partial charge is 0.490 e. The van der Waals surface area contributed by atoms with Crippen LogP contribution in [0.2, 0.25) is 5.02 Å². The number of urea groups is 1. The molecule has 4 amide bonds. The van der Waals surface area contributed by atoms with Crippen LogP contribution in [0.3, 0.4) is 0 Å². The second-order valence-electron chi connectivity index (χ2n) is 7.52. The molecule has 3 aromatic rings. The van der Waals surface area contributed by atoms with Gasteiger partial charge in [0.1, 0.15) is 10.5 Å². The molecule has 1 aliphatic rings. The average molecular weight is 653 g/mol. The van der Waals surface area contributed by atoms with Gasteiger partial charge < -0.3 is 8.92 Å². The number of amides is 4. The van der Waals surface area contributed by atoms with Gasteiger partial charge in [-0.3, -0.25) is 14.9 Å². The van der Waals surface area contributed by atoms with E-state index < -0.39 is 28.0 Å². The fraction of sp³-hybridized carbons (Fsp3) is 0.0800. The molecule has 1 saturated heterocycles. The molecule has 0 aromatic heterocycles. The Kier molecular flexibility index (Phi) is 7.85. The first-order valence-corrected chi connectivity index (χ1v) is 13.6. The summed E-state index contributed by atoms with van der Waals surface area (Å²) in [7, 11) is -4.16. The van der Waals surface area contributed by atoms with Crippen LogP contribution in [0.1, 0.15) is 12.5 Å². The van der Waals surface area contributed by atoms with Crippen molar-refractivity contribution < 1.29 is 31.7 Å². The highest BCUT2D eigenvalue weighted by Gasteiger charge is 2.37. The third kappa shape index (κ3) is 5.63. The fourth-order valence-corrected chi connectivity index (χ4v) is 5.52. The van der Waals surface area contributed by atoms with Gasteiger partial charge in [-0.25, -0.2) is 9.69 Å². The zero-order chi connectivity index (χ0) is 26.7. The number of halogens is 2. The van der Waals surface area contributed by atoms with Gasteiger partial charge in [0.2, 0.25) is 0 Å². The van der Waals surface area contributed by atoms with Gasteiger partial charge in [-0.1, -0.05) is 41.9 Å². The summed E-state index contributed by atoms with van der Waals surface area (Å²) in [5.41, 5.74) is 0.122. The quantitative estimate of drug-likeness (QED) is 0.169. The van der Waals surface area contributed by atoms with E-state index in [1.165, 1.54) is 42.5 Å². The van der Waals surface area contributed by atoms with Crippen molar-refractivity contribution in [1.29, 1.82) is 0 Å². The summed E-state index contributed by atoms with van der Waals surface area (Å²) in [5, 5.41) is 2.28. The minimum absolute atomic E-state index is 0.0340. The number of barbiturate groups is 1. The number of carbonyl (C=O) groups excluding carboxylic acids is 3. The first-order chi connectivity index (χ1) is 17.6. The first-order valence-electron chi connectivity index (χ1n) is 10.7. The molecule has 1 aliphatic heterocycles. The van der Waals surface area contributed by atoms with Crippen LogP contribution in [-0.2, 0) is 19.7 Å². The van der Waals surface area contributed by atoms with Gasteiger partial charge in [-0.15, -0.1) is 0 Å². The Labute approximate surface area is 231 Å². The molecule has 1 N–H and O–H groups in total. The number of rotatable bonds is 7. The summed E-state index contributed by atoms with van der Waals surface area (Å²) in [6.07, 6.45) is 1.27. The number of hydrogen-bond acceptors (Lipinski definition) is 7. The summed E-state index contributed by atoms with van der Waals surface area (Å²) >= 11 is 8.03. The Bertz CT molecular complexity index is 1540. The van der Waals surface area contributed by atoms with Gasteiger partial charge in [-0.2, -0.15) is 8.42 Å². The summed E-state index contributed by atoms with van der Waals surface area (Å²) in [6, 6.07) is 15.9. The van der Waals surface area contributed by atoms with Gasteiger partial charge in [0.15, 0.2) is 11.5 Å². The zero-order valence-corrected chi connectivity index (χ0v) is 22.8. The Morgan fingerprint density at radius 1 is 1.03 bits per heavy atom. The molecule has 1 heterocycles. The highest BCUT2D eigenvalue weighted by atomic mass is 127. The molecule has 37 heavy (non-hydrogen) atoms. The Hall–Kier alpha value is -3.42. The lowest BCUT2D eigenvalue weighted by Crippen LogP contribution is -2.54. The number of anilines is 1. The van der Waals surface area contributed by atoms with Gasteiger partial charge in [0, 0.05) is 0 Å². The molecule has 9 nitrogen and oxygen atoms in total. The standard InChI is InChI=1S/C25H18ClIN2O7S/c1-2-35-21-14-15(13-19(27)22(21)36-37(33,34)16-8-4-3-5-9-16)12-17-23(30)28-25(32)29(24(17)31)20-11-7-6-10-18(20)26/h3-14H,2H2,1H3,(H,28,30,32)/b17-12+. The van der Waals surface area contributed by atoms with Crippen LogP contribution < -0.4 is 19.1 Å². The normalized spacial score (nSPS) is 15.1. The monoisotopic (exact) mass is 652 g/mol. The maximum Gasteiger partial charge on any atom is 0.339 e. The van der Waals surface area contributed by atoms with Crippen molar-refractivity contribution in [2.75, 3.05) is 11.5 Å². The summed E-state index contributed by atoms with van der Waals surface area (Å²) in [6.45, 7) is 1.89. The molecule has 3 aromatic carbocycles. The molecule has 0 bridgehead atoms. The Balaban J connectivity index is 1.74. The van der Waals surface area contributed by atoms with Crippen molar-refractivity contribution in [2.24, 2.45) is 0 Å². The van der Waals surface area contributed by atoms with Crippen molar-refractivity contribution in [2.45, 2.75) is 11.8 Å². The number of benzene rings is 3. The molecule has 0 aliphatic carbocycles. The van der Waals surface area contributed by atoms with Crippen molar-refractivity contribution >= 4 is 73.9 Å². The predicted octanol–water partition coefficient (Wildman–Crippen LogP) is 4.78. The molecule has 12 heteroatoms. The number of ether oxygens (including phenoxy) is 1. The summed E-state index contributed by atoms with van der Waals surface area (Å²) in [4.78, 5) is 38.9. The number of hydrogen-bond donors (Lipinski definition) is 1. The Morgan fingerprint density at radius 3 is 2.38 bits per heavy atom. The third-order valence-electron chi connectivity index (χ3n) is 5.06. The second kappa shape index (κ2) is 10.9. The second-order valence-corrected chi connectivity index (χ2v) is 10.6. The van der Waals surface area contributed by atoms with Crippen molar-refractivity contribution in [1.82, 2.24) is 5.32 Å². The minimum atomic E-state index is -4.16. The number of para-hydroxylation sites is 1. The topological polar surface area (TPSA) is 119 Å². The van der Waals surface area contributed by atoms with Crippen LogP contribution in [0.15, 0.2) is 77.2 Å². The smallest absolute Gasteiger partial charge is 0.339 e. The van der Waals surface area contributed by atoms with E-state index in [-0.39, 0.29) is 39.3 Å². The molecule has 0 spiro atoms. The minimum Gasteiger partial charge on any atom is -0.490 e. The maximum absolute atomic E-state index is 13.2. The van der Waals surface area contributed by atoms with E-state index in [9.17, 15) is 22.8 Å². The van der Waals surface area contributed by atoms with E-state index >= 15 is 0 Å². The molecular weight excluding hydrogens is 635 g/mol. The fourth-order valence-electron chi connectivity index (χ4n) is 3.44. The van der Waals surface area contributed by atoms with E-state index in [1.54, 1.807) is 37.3 Å². The number of imide groups is 2.